The highest BCUT2D eigenvalue weighted by molar-refractivity contribution is 6.14. The Morgan fingerprint density at radius 3 is 2.04 bits per heavy atom. The Bertz CT molecular complexity index is 3260. The maximum atomic E-state index is 6.81. The van der Waals surface area contributed by atoms with Crippen LogP contribution in [0.3, 0.4) is 0 Å². The van der Waals surface area contributed by atoms with Crippen LogP contribution in [0.15, 0.2) is 204 Å². The number of hydrogen-bond donors (Lipinski definition) is 1. The second kappa shape index (κ2) is 12.6. The first-order valence-electron chi connectivity index (χ1n) is 19.6. The molecule has 2 unspecified atom stereocenters. The zero-order valence-corrected chi connectivity index (χ0v) is 30.9. The van der Waals surface area contributed by atoms with E-state index in [1.165, 1.54) is 49.6 Å². The standard InChI is InChI=1S/C53H35N3O/c1-4-14-33(15-5-1)45-32-46(34-16-6-2-7-17-34)55-53(54-45)36-25-27-41-40-26-24-35(30-48(40)57-49(41)31-36)50-42-22-11-10-20-38(42)43-28-29-44-39-21-12-13-23-47(39)56(52(44)51(43)50)37-18-8-3-9-19-37/h1-32,45,50H,(H,54,55). The van der Waals surface area contributed by atoms with Gasteiger partial charge in [0.05, 0.1) is 17.1 Å². The summed E-state index contributed by atoms with van der Waals surface area (Å²) < 4.78 is 9.27. The van der Waals surface area contributed by atoms with Gasteiger partial charge in [0, 0.05) is 44.4 Å². The number of benzene rings is 8. The van der Waals surface area contributed by atoms with Crippen molar-refractivity contribution in [3.8, 4) is 16.8 Å². The number of aliphatic imine (C=N–C) groups is 1. The minimum absolute atomic E-state index is 0.0266. The fourth-order valence-electron chi connectivity index (χ4n) is 9.36. The van der Waals surface area contributed by atoms with Crippen molar-refractivity contribution < 1.29 is 4.42 Å². The van der Waals surface area contributed by atoms with Crippen LogP contribution in [0.1, 0.15) is 45.3 Å². The molecule has 0 bridgehead atoms. The van der Waals surface area contributed by atoms with Crippen molar-refractivity contribution in [2.75, 3.05) is 0 Å². The van der Waals surface area contributed by atoms with Crippen molar-refractivity contribution in [3.05, 3.63) is 228 Å². The minimum atomic E-state index is -0.115. The Hall–Kier alpha value is -7.43. The van der Waals surface area contributed by atoms with E-state index in [9.17, 15) is 0 Å². The fourth-order valence-corrected chi connectivity index (χ4v) is 9.36. The summed E-state index contributed by atoms with van der Waals surface area (Å²) in [6, 6.07) is 67.3. The third-order valence-corrected chi connectivity index (χ3v) is 11.9. The third kappa shape index (κ3) is 4.97. The fraction of sp³-hybridized carbons (Fsp3) is 0.0377. The molecule has 57 heavy (non-hydrogen) atoms. The smallest absolute Gasteiger partial charge is 0.136 e. The molecule has 1 aliphatic carbocycles. The van der Waals surface area contributed by atoms with Gasteiger partial charge in [-0.3, -0.25) is 4.99 Å². The molecule has 0 amide bonds. The first kappa shape index (κ1) is 31.9. The second-order valence-corrected chi connectivity index (χ2v) is 15.1. The van der Waals surface area contributed by atoms with E-state index in [0.29, 0.717) is 0 Å². The molecule has 1 N–H and O–H groups in total. The normalized spacial score (nSPS) is 16.1. The van der Waals surface area contributed by atoms with Gasteiger partial charge >= 0.3 is 0 Å². The summed E-state index contributed by atoms with van der Waals surface area (Å²) in [6.07, 6.45) is 2.21. The molecule has 10 aromatic rings. The summed E-state index contributed by atoms with van der Waals surface area (Å²) >= 11 is 0. The Morgan fingerprint density at radius 1 is 0.509 bits per heavy atom. The third-order valence-electron chi connectivity index (χ3n) is 11.9. The van der Waals surface area contributed by atoms with Crippen molar-refractivity contribution in [1.29, 1.82) is 0 Å². The van der Waals surface area contributed by atoms with E-state index in [1.54, 1.807) is 0 Å². The molecule has 0 saturated heterocycles. The molecule has 1 aliphatic heterocycles. The van der Waals surface area contributed by atoms with Gasteiger partial charge in [-0.15, -0.1) is 0 Å². The maximum Gasteiger partial charge on any atom is 0.136 e. The summed E-state index contributed by atoms with van der Waals surface area (Å²) in [4.78, 5) is 5.22. The van der Waals surface area contributed by atoms with Gasteiger partial charge in [0.15, 0.2) is 0 Å². The van der Waals surface area contributed by atoms with Gasteiger partial charge in [-0.2, -0.15) is 0 Å². The van der Waals surface area contributed by atoms with E-state index in [-0.39, 0.29) is 12.0 Å². The van der Waals surface area contributed by atoms with Crippen molar-refractivity contribution in [3.63, 3.8) is 0 Å². The lowest BCUT2D eigenvalue weighted by Gasteiger charge is -2.23. The van der Waals surface area contributed by atoms with Crippen LogP contribution in [0.5, 0.6) is 0 Å². The van der Waals surface area contributed by atoms with Crippen LogP contribution in [0.4, 0.5) is 0 Å². The number of fused-ring (bicyclic) bond motifs is 10. The molecule has 2 aliphatic rings. The van der Waals surface area contributed by atoms with E-state index >= 15 is 0 Å². The Kier molecular flexibility index (Phi) is 7.02. The molecule has 0 fully saturated rings. The summed E-state index contributed by atoms with van der Waals surface area (Å²) in [5.74, 6) is 0.851. The van der Waals surface area contributed by atoms with Crippen molar-refractivity contribution in [1.82, 2.24) is 9.88 Å². The Morgan fingerprint density at radius 2 is 1.19 bits per heavy atom. The highest BCUT2D eigenvalue weighted by Crippen LogP contribution is 2.53. The van der Waals surface area contributed by atoms with Crippen LogP contribution >= 0.6 is 0 Å². The zero-order chi connectivity index (χ0) is 37.5. The van der Waals surface area contributed by atoms with Crippen molar-refractivity contribution in [2.24, 2.45) is 4.99 Å². The van der Waals surface area contributed by atoms with Crippen LogP contribution in [0, 0.1) is 0 Å². The number of para-hydroxylation sites is 2. The number of aromatic nitrogens is 1. The summed E-state index contributed by atoms with van der Waals surface area (Å²) in [7, 11) is 0. The second-order valence-electron chi connectivity index (χ2n) is 15.1. The van der Waals surface area contributed by atoms with E-state index in [1.807, 2.05) is 12.1 Å². The topological polar surface area (TPSA) is 42.5 Å². The number of nitrogens with zero attached hydrogens (tertiary/aromatic N) is 2. The molecule has 8 aromatic carbocycles. The molecule has 4 nitrogen and oxygen atoms in total. The molecular formula is C53H35N3O. The Balaban J connectivity index is 1.01. The lowest BCUT2D eigenvalue weighted by Crippen LogP contribution is -2.27. The molecular weight excluding hydrogens is 695 g/mol. The summed E-state index contributed by atoms with van der Waals surface area (Å²) in [5, 5.41) is 8.38. The molecule has 268 valence electrons. The molecule has 0 saturated carbocycles. The highest BCUT2D eigenvalue weighted by Gasteiger charge is 2.34. The molecule has 0 radical (unpaired) electrons. The van der Waals surface area contributed by atoms with Gasteiger partial charge < -0.3 is 14.3 Å². The Labute approximate surface area is 329 Å². The molecule has 3 heterocycles. The van der Waals surface area contributed by atoms with E-state index in [0.717, 1.165) is 55.8 Å². The lowest BCUT2D eigenvalue weighted by atomic mass is 9.87. The van der Waals surface area contributed by atoms with Crippen molar-refractivity contribution in [2.45, 2.75) is 12.0 Å². The van der Waals surface area contributed by atoms with Crippen molar-refractivity contribution >= 4 is 55.3 Å². The van der Waals surface area contributed by atoms with Crippen LogP contribution in [0.2, 0.25) is 0 Å². The number of nitrogens with one attached hydrogen (secondary N) is 1. The van der Waals surface area contributed by atoms with Crippen LogP contribution in [0.25, 0.3) is 66.3 Å². The average molecular weight is 730 g/mol. The molecule has 2 atom stereocenters. The number of rotatable bonds is 5. The SMILES string of the molecule is C1=C(c2ccccc2)NC(c2ccc3c(c2)oc2cc(C4c5ccccc5-c5ccc6c7ccccc7n(-c7ccccc7)c6c54)ccc23)=NC1c1ccccc1. The quantitative estimate of drug-likeness (QED) is 0.192. The molecule has 0 spiro atoms. The first-order valence-corrected chi connectivity index (χ1v) is 19.6. The minimum Gasteiger partial charge on any atom is -0.456 e. The lowest BCUT2D eigenvalue weighted by molar-refractivity contribution is 0.668. The largest absolute Gasteiger partial charge is 0.456 e. The summed E-state index contributed by atoms with van der Waals surface area (Å²) in [6.45, 7) is 0. The molecule has 12 rings (SSSR count). The monoisotopic (exact) mass is 729 g/mol. The zero-order valence-electron chi connectivity index (χ0n) is 30.9. The molecule has 4 heteroatoms. The predicted octanol–water partition coefficient (Wildman–Crippen LogP) is 13.0. The predicted molar refractivity (Wildman–Crippen MR) is 234 cm³/mol. The number of amidine groups is 1. The van der Waals surface area contributed by atoms with Gasteiger partial charge in [0.1, 0.15) is 17.0 Å². The highest BCUT2D eigenvalue weighted by atomic mass is 16.3. The van der Waals surface area contributed by atoms with Gasteiger partial charge in [0.25, 0.3) is 0 Å². The summed E-state index contributed by atoms with van der Waals surface area (Å²) in [5.41, 5.74) is 16.1. The van der Waals surface area contributed by atoms with Gasteiger partial charge in [-0.1, -0.05) is 152 Å². The van der Waals surface area contributed by atoms with E-state index < -0.39 is 0 Å². The van der Waals surface area contributed by atoms with E-state index in [4.69, 9.17) is 9.41 Å². The first-order chi connectivity index (χ1) is 28.3. The maximum absolute atomic E-state index is 6.81. The average Bonchev–Trinajstić information content (AvgIpc) is 3.94. The van der Waals surface area contributed by atoms with E-state index in [2.05, 4.69) is 192 Å². The van der Waals surface area contributed by atoms with Crippen LogP contribution < -0.4 is 5.32 Å². The number of hydrogen-bond acceptors (Lipinski definition) is 3. The van der Waals surface area contributed by atoms with Gasteiger partial charge in [-0.25, -0.2) is 0 Å². The van der Waals surface area contributed by atoms with Gasteiger partial charge in [0.2, 0.25) is 0 Å². The van der Waals surface area contributed by atoms with Gasteiger partial charge in [-0.05, 0) is 81.4 Å². The number of furan rings is 1. The van der Waals surface area contributed by atoms with Crippen LogP contribution in [-0.2, 0) is 0 Å². The van der Waals surface area contributed by atoms with Crippen LogP contribution in [-0.4, -0.2) is 10.4 Å². The molecule has 2 aromatic heterocycles.